The van der Waals surface area contributed by atoms with E-state index in [0.717, 1.165) is 57.0 Å². The minimum absolute atomic E-state index is 0. The third-order valence-electron chi connectivity index (χ3n) is 11.7. The van der Waals surface area contributed by atoms with Gasteiger partial charge in [-0.3, -0.25) is 9.59 Å². The molecular formula is C45H60N8O7. The third kappa shape index (κ3) is 8.52. The third-order valence-corrected chi connectivity index (χ3v) is 11.7. The molecule has 7 rings (SSSR count). The first kappa shape index (κ1) is 41.8. The molecule has 0 unspecified atom stereocenters. The molecule has 60 heavy (non-hydrogen) atoms. The minimum Gasteiger partial charge on any atom is -0.501 e. The van der Waals surface area contributed by atoms with Gasteiger partial charge in [0.25, 0.3) is 0 Å². The Morgan fingerprint density at radius 3 is 2.15 bits per heavy atom. The molecule has 15 nitrogen and oxygen atoms in total. The lowest BCUT2D eigenvalue weighted by Crippen LogP contribution is -2.51. The fourth-order valence-electron chi connectivity index (χ4n) is 8.47. The van der Waals surface area contributed by atoms with Crippen molar-refractivity contribution in [1.82, 2.24) is 40.4 Å². The lowest BCUT2D eigenvalue weighted by Gasteiger charge is -2.30. The van der Waals surface area contributed by atoms with Crippen molar-refractivity contribution in [3.63, 3.8) is 0 Å². The molecule has 15 heteroatoms. The summed E-state index contributed by atoms with van der Waals surface area (Å²) in [6, 6.07) is 16.6. The molecule has 2 saturated heterocycles. The Labute approximate surface area is 353 Å². The Kier molecular flexibility index (Phi) is 12.4. The first-order chi connectivity index (χ1) is 28.9. The number of nitrogens with zero attached hydrogens (tertiary/aromatic N) is 4. The van der Waals surface area contributed by atoms with E-state index in [1.54, 1.807) is 16.0 Å². The maximum atomic E-state index is 14.0. The number of carbonyl (C=O) groups is 4. The summed E-state index contributed by atoms with van der Waals surface area (Å²) in [5, 5.41) is 7.43. The van der Waals surface area contributed by atoms with Crippen LogP contribution in [0.4, 0.5) is 9.59 Å². The second kappa shape index (κ2) is 17.9. The van der Waals surface area contributed by atoms with E-state index in [9.17, 15) is 19.2 Å². The normalized spacial score (nSPS) is 18.8. The summed E-state index contributed by atoms with van der Waals surface area (Å²) in [7, 11) is 2.57. The minimum atomic E-state index is -0.768. The molecule has 322 valence electrons. The van der Waals surface area contributed by atoms with Crippen LogP contribution in [0.3, 0.4) is 0 Å². The molecule has 0 spiro atoms. The van der Waals surface area contributed by atoms with Gasteiger partial charge in [-0.1, -0.05) is 76.7 Å². The van der Waals surface area contributed by atoms with Gasteiger partial charge >= 0.3 is 12.2 Å². The molecular weight excluding hydrogens is 765 g/mol. The fraction of sp³-hybridized carbons (Fsp3) is 0.422. The molecule has 2 aromatic heterocycles. The summed E-state index contributed by atoms with van der Waals surface area (Å²) in [4.78, 5) is 72.1. The lowest BCUT2D eigenvalue weighted by atomic mass is 9.99. The quantitative estimate of drug-likeness (QED) is 0.0855. The predicted molar refractivity (Wildman–Crippen MR) is 234 cm³/mol. The van der Waals surface area contributed by atoms with E-state index in [-0.39, 0.29) is 45.9 Å². The number of aromatic nitrogens is 4. The first-order valence-electron chi connectivity index (χ1n) is 20.5. The molecule has 0 saturated carbocycles. The molecule has 5 atom stereocenters. The van der Waals surface area contributed by atoms with Crippen LogP contribution in [-0.4, -0.2) is 99.7 Å². The van der Waals surface area contributed by atoms with Gasteiger partial charge in [-0.15, -0.1) is 0 Å². The Morgan fingerprint density at radius 1 is 0.850 bits per heavy atom. The van der Waals surface area contributed by atoms with E-state index in [4.69, 9.17) is 24.2 Å². The second-order valence-electron chi connectivity index (χ2n) is 16.3. The number of hydrogen-bond acceptors (Lipinski definition) is 9. The van der Waals surface area contributed by atoms with E-state index >= 15 is 0 Å². The molecule has 4 N–H and O–H groups in total. The number of rotatable bonds is 13. The summed E-state index contributed by atoms with van der Waals surface area (Å²) in [6.45, 7) is 12.7. The van der Waals surface area contributed by atoms with Crippen LogP contribution in [0.15, 0.2) is 73.6 Å². The molecule has 2 fully saturated rings. The van der Waals surface area contributed by atoms with Crippen molar-refractivity contribution in [2.75, 3.05) is 33.9 Å². The number of amides is 4. The Morgan fingerprint density at radius 2 is 1.50 bits per heavy atom. The maximum absolute atomic E-state index is 14.0. The summed E-state index contributed by atoms with van der Waals surface area (Å²) in [5.74, 6) is 0.811. The van der Waals surface area contributed by atoms with Crippen LogP contribution >= 0.6 is 0 Å². The van der Waals surface area contributed by atoms with Crippen molar-refractivity contribution in [2.24, 2.45) is 17.8 Å². The van der Waals surface area contributed by atoms with E-state index < -0.39 is 24.3 Å². The second-order valence-corrected chi connectivity index (χ2v) is 16.3. The highest BCUT2D eigenvalue weighted by Crippen LogP contribution is 2.38. The van der Waals surface area contributed by atoms with Crippen LogP contribution in [0, 0.1) is 17.8 Å². The predicted octanol–water partition coefficient (Wildman–Crippen LogP) is 7.99. The SMILES string of the molecule is C=COC[C@H]1C[C@@H](c2nc3c(ccc4cc(-c5ccc(-c6cnc([C@@H]7CCCN7C(=O)[C@@H](NC(=O)OC)C(C)C)[nH]6)cc5)ccc43)[nH]2)N(C(=O)[C@@H](NC(=O)OC)C(C)C)C1.[HH].[HH].[HH]. The number of carbonyl (C=O) groups excluding carboxylic acids is 4. The van der Waals surface area contributed by atoms with Gasteiger partial charge in [-0.25, -0.2) is 19.6 Å². The van der Waals surface area contributed by atoms with Crippen molar-refractivity contribution in [3.05, 3.63) is 85.3 Å². The molecule has 4 heterocycles. The summed E-state index contributed by atoms with van der Waals surface area (Å²) >= 11 is 0. The Balaban J connectivity index is 0.00000290. The number of fused-ring (bicyclic) bond motifs is 3. The molecule has 3 aromatic carbocycles. The number of aromatic amines is 2. The number of alkyl carbamates (subject to hydrolysis) is 2. The molecule has 4 amide bonds. The van der Waals surface area contributed by atoms with Gasteiger partial charge < -0.3 is 44.6 Å². The van der Waals surface area contributed by atoms with Crippen LogP contribution in [0.2, 0.25) is 0 Å². The smallest absolute Gasteiger partial charge is 0.407 e. The number of benzene rings is 3. The Hall–Kier alpha value is -6.38. The average molecular weight is 825 g/mol. The van der Waals surface area contributed by atoms with Crippen LogP contribution < -0.4 is 10.6 Å². The highest BCUT2D eigenvalue weighted by Gasteiger charge is 2.42. The lowest BCUT2D eigenvalue weighted by molar-refractivity contribution is -0.136. The van der Waals surface area contributed by atoms with Gasteiger partial charge in [-0.05, 0) is 65.3 Å². The number of hydrogen-bond donors (Lipinski definition) is 4. The average Bonchev–Trinajstić information content (AvgIpc) is 4.09. The highest BCUT2D eigenvalue weighted by molar-refractivity contribution is 6.05. The number of methoxy groups -OCH3 is 2. The van der Waals surface area contributed by atoms with Gasteiger partial charge in [0.15, 0.2) is 0 Å². The molecule has 2 aliphatic rings. The van der Waals surface area contributed by atoms with Crippen molar-refractivity contribution < 1.29 is 37.7 Å². The van der Waals surface area contributed by atoms with Crippen LogP contribution in [-0.2, 0) is 23.8 Å². The maximum Gasteiger partial charge on any atom is 0.407 e. The van der Waals surface area contributed by atoms with E-state index in [1.165, 1.54) is 20.5 Å². The topological polar surface area (TPSA) is 184 Å². The number of nitrogens with one attached hydrogen (secondary N) is 4. The Bertz CT molecular complexity index is 2390. The van der Waals surface area contributed by atoms with Gasteiger partial charge in [0.2, 0.25) is 11.8 Å². The summed E-state index contributed by atoms with van der Waals surface area (Å²) in [5.41, 5.74) is 5.58. The first-order valence-corrected chi connectivity index (χ1v) is 20.5. The zero-order chi connectivity index (χ0) is 42.7. The van der Waals surface area contributed by atoms with Crippen molar-refractivity contribution in [2.45, 2.75) is 71.1 Å². The number of H-pyrrole nitrogens is 2. The van der Waals surface area contributed by atoms with E-state index in [0.29, 0.717) is 37.8 Å². The van der Waals surface area contributed by atoms with E-state index in [1.807, 2.05) is 33.8 Å². The van der Waals surface area contributed by atoms with Gasteiger partial charge in [0, 0.05) is 28.7 Å². The summed E-state index contributed by atoms with van der Waals surface area (Å²) in [6.07, 6.45) is 4.17. The number of likely N-dealkylation sites (tertiary alicyclic amines) is 2. The molecule has 2 aliphatic heterocycles. The van der Waals surface area contributed by atoms with Crippen LogP contribution in [0.25, 0.3) is 44.2 Å². The van der Waals surface area contributed by atoms with Gasteiger partial charge in [-0.2, -0.15) is 0 Å². The molecule has 0 aliphatic carbocycles. The van der Waals surface area contributed by atoms with Gasteiger partial charge in [0.05, 0.1) is 62.1 Å². The summed E-state index contributed by atoms with van der Waals surface area (Å²) < 4.78 is 15.1. The number of imidazole rings is 2. The fourth-order valence-corrected chi connectivity index (χ4v) is 8.47. The molecule has 5 aromatic rings. The van der Waals surface area contributed by atoms with E-state index in [2.05, 4.69) is 75.7 Å². The molecule has 0 radical (unpaired) electrons. The van der Waals surface area contributed by atoms with Crippen molar-refractivity contribution >= 4 is 45.8 Å². The van der Waals surface area contributed by atoms with Crippen LogP contribution in [0.5, 0.6) is 0 Å². The van der Waals surface area contributed by atoms with Crippen molar-refractivity contribution in [1.29, 1.82) is 0 Å². The largest absolute Gasteiger partial charge is 0.501 e. The molecule has 0 bridgehead atoms. The highest BCUT2D eigenvalue weighted by atomic mass is 16.5. The van der Waals surface area contributed by atoms with Crippen molar-refractivity contribution in [3.8, 4) is 22.4 Å². The van der Waals surface area contributed by atoms with Crippen LogP contribution in [0.1, 0.15) is 75.0 Å². The zero-order valence-corrected chi connectivity index (χ0v) is 35.0. The zero-order valence-electron chi connectivity index (χ0n) is 35.0. The standard InChI is InChI=1S/C45H54N8O7.3H2/c1-8-60-24-27-20-36(53(23-27)43(55)38(26(4)5)51-45(57)59-7)41-47-33-18-16-31-21-30(15-17-32(31)39(33)49-41)28-11-13-29(14-12-28)34-22-46-40(48-34)35-10-9-19-52(35)42(54)37(25(2)3)50-44(56)58-6;;;/h8,11-18,21-22,25-27,35-38H,1,9-10,19-20,23-24H2,2-7H3,(H,46,48)(H,47,49)(H,50,56)(H,51,57);3*1H/t27-,35-,36-,37-,38-;;;/m0.../s1. The monoisotopic (exact) mass is 824 g/mol. The van der Waals surface area contributed by atoms with Gasteiger partial charge in [0.1, 0.15) is 23.7 Å². The number of ether oxygens (including phenoxy) is 3.